The summed E-state index contributed by atoms with van der Waals surface area (Å²) < 4.78 is 13.5. The van der Waals surface area contributed by atoms with Gasteiger partial charge in [0.05, 0.1) is 12.1 Å². The van der Waals surface area contributed by atoms with Gasteiger partial charge >= 0.3 is 0 Å². The summed E-state index contributed by atoms with van der Waals surface area (Å²) in [6, 6.07) is 8.51. The lowest BCUT2D eigenvalue weighted by Gasteiger charge is -2.30. The Morgan fingerprint density at radius 3 is 2.58 bits per heavy atom. The molecule has 0 spiro atoms. The quantitative estimate of drug-likeness (QED) is 0.803. The zero-order chi connectivity index (χ0) is 14.4. The van der Waals surface area contributed by atoms with Gasteiger partial charge in [-0.05, 0) is 12.5 Å². The SMILES string of the molecule is C=CCC(F)C(=O)N(C)[C@@H](C)[C@@H](O)c1ccccc1. The molecular formula is C15H20FNO2. The number of likely N-dealkylation sites (N-methyl/N-ethyl adjacent to an activating group) is 1. The molecule has 0 aliphatic rings. The molecule has 19 heavy (non-hydrogen) atoms. The van der Waals surface area contributed by atoms with E-state index in [4.69, 9.17) is 0 Å². The Hall–Kier alpha value is -1.68. The lowest BCUT2D eigenvalue weighted by atomic mass is 10.0. The van der Waals surface area contributed by atoms with Gasteiger partial charge in [-0.2, -0.15) is 0 Å². The highest BCUT2D eigenvalue weighted by atomic mass is 19.1. The highest BCUT2D eigenvalue weighted by Crippen LogP contribution is 2.21. The van der Waals surface area contributed by atoms with Crippen LogP contribution in [0.1, 0.15) is 25.0 Å². The van der Waals surface area contributed by atoms with Crippen LogP contribution in [-0.2, 0) is 4.79 Å². The molecule has 1 N–H and O–H groups in total. The van der Waals surface area contributed by atoms with Crippen molar-refractivity contribution < 1.29 is 14.3 Å². The van der Waals surface area contributed by atoms with Crippen molar-refractivity contribution in [1.82, 2.24) is 4.90 Å². The Kier molecular flexibility index (Phi) is 5.70. The second-order valence-corrected chi connectivity index (χ2v) is 4.54. The van der Waals surface area contributed by atoms with Crippen LogP contribution < -0.4 is 0 Å². The van der Waals surface area contributed by atoms with Crippen molar-refractivity contribution >= 4 is 5.91 Å². The molecule has 0 fully saturated rings. The number of nitrogens with zero attached hydrogens (tertiary/aromatic N) is 1. The molecule has 0 radical (unpaired) electrons. The summed E-state index contributed by atoms with van der Waals surface area (Å²) in [5.41, 5.74) is 0.703. The highest BCUT2D eigenvalue weighted by molar-refractivity contribution is 5.81. The largest absolute Gasteiger partial charge is 0.386 e. The normalized spacial score (nSPS) is 15.4. The Balaban J connectivity index is 2.73. The number of hydrogen-bond donors (Lipinski definition) is 1. The standard InChI is InChI=1S/C15H20FNO2/c1-4-8-13(16)15(19)17(3)11(2)14(18)12-9-6-5-7-10-12/h4-7,9-11,13-14,18H,1,8H2,2-3H3/t11-,13?,14+/m0/s1. The Morgan fingerprint density at radius 2 is 2.05 bits per heavy atom. The van der Waals surface area contributed by atoms with Crippen LogP contribution in [0.15, 0.2) is 43.0 Å². The topological polar surface area (TPSA) is 40.5 Å². The molecular weight excluding hydrogens is 245 g/mol. The van der Waals surface area contributed by atoms with Crippen molar-refractivity contribution in [3.8, 4) is 0 Å². The summed E-state index contributed by atoms with van der Waals surface area (Å²) in [5, 5.41) is 10.2. The molecule has 3 atom stereocenters. The Morgan fingerprint density at radius 1 is 1.47 bits per heavy atom. The number of aliphatic hydroxyl groups excluding tert-OH is 1. The van der Waals surface area contributed by atoms with Gasteiger partial charge < -0.3 is 10.0 Å². The van der Waals surface area contributed by atoms with Crippen LogP contribution in [0.25, 0.3) is 0 Å². The van der Waals surface area contributed by atoms with Crippen molar-refractivity contribution in [1.29, 1.82) is 0 Å². The molecule has 0 heterocycles. The van der Waals surface area contributed by atoms with Crippen LogP contribution in [0.2, 0.25) is 0 Å². The summed E-state index contributed by atoms with van der Waals surface area (Å²) in [6.07, 6.45) is -1.09. The second-order valence-electron chi connectivity index (χ2n) is 4.54. The van der Waals surface area contributed by atoms with Gasteiger partial charge in [0.25, 0.3) is 5.91 Å². The van der Waals surface area contributed by atoms with Gasteiger partial charge in [0.1, 0.15) is 0 Å². The number of hydrogen-bond acceptors (Lipinski definition) is 2. The van der Waals surface area contributed by atoms with Crippen LogP contribution in [0.5, 0.6) is 0 Å². The van der Waals surface area contributed by atoms with E-state index in [1.807, 2.05) is 18.2 Å². The predicted octanol–water partition coefficient (Wildman–Crippen LogP) is 2.48. The minimum absolute atomic E-state index is 0.0165. The maximum absolute atomic E-state index is 13.5. The van der Waals surface area contributed by atoms with Gasteiger partial charge in [0, 0.05) is 13.5 Å². The lowest BCUT2D eigenvalue weighted by Crippen LogP contribution is -2.43. The minimum Gasteiger partial charge on any atom is -0.386 e. The number of halogens is 1. The smallest absolute Gasteiger partial charge is 0.257 e. The number of benzene rings is 1. The van der Waals surface area contributed by atoms with E-state index >= 15 is 0 Å². The molecule has 1 aromatic rings. The maximum Gasteiger partial charge on any atom is 0.257 e. The number of carbonyl (C=O) groups is 1. The van der Waals surface area contributed by atoms with Crippen LogP contribution in [-0.4, -0.2) is 35.2 Å². The molecule has 104 valence electrons. The van der Waals surface area contributed by atoms with Gasteiger partial charge in [-0.1, -0.05) is 36.4 Å². The second kappa shape index (κ2) is 7.04. The first-order valence-electron chi connectivity index (χ1n) is 6.23. The molecule has 1 aromatic carbocycles. The van der Waals surface area contributed by atoms with Crippen LogP contribution in [0, 0.1) is 0 Å². The van der Waals surface area contributed by atoms with E-state index in [-0.39, 0.29) is 6.42 Å². The molecule has 1 amide bonds. The van der Waals surface area contributed by atoms with Gasteiger partial charge in [-0.15, -0.1) is 6.58 Å². The molecule has 0 aliphatic carbocycles. The van der Waals surface area contributed by atoms with Crippen molar-refractivity contribution in [2.75, 3.05) is 7.05 Å². The first-order chi connectivity index (χ1) is 8.99. The number of allylic oxidation sites excluding steroid dienone is 1. The first-order valence-corrected chi connectivity index (χ1v) is 6.23. The zero-order valence-corrected chi connectivity index (χ0v) is 11.3. The molecule has 0 aliphatic heterocycles. The van der Waals surface area contributed by atoms with Crippen LogP contribution in [0.4, 0.5) is 4.39 Å². The summed E-state index contributed by atoms with van der Waals surface area (Å²) >= 11 is 0. The van der Waals surface area contributed by atoms with Crippen LogP contribution in [0.3, 0.4) is 0 Å². The third kappa shape index (κ3) is 3.89. The third-order valence-corrected chi connectivity index (χ3v) is 3.20. The highest BCUT2D eigenvalue weighted by Gasteiger charge is 2.28. The number of aliphatic hydroxyl groups is 1. The summed E-state index contributed by atoms with van der Waals surface area (Å²) in [5.74, 6) is -0.637. The zero-order valence-electron chi connectivity index (χ0n) is 11.3. The van der Waals surface area contributed by atoms with E-state index in [1.165, 1.54) is 18.0 Å². The number of alkyl halides is 1. The van der Waals surface area contributed by atoms with Crippen molar-refractivity contribution in [2.45, 2.75) is 31.7 Å². The predicted molar refractivity (Wildman–Crippen MR) is 73.3 cm³/mol. The molecule has 1 rings (SSSR count). The molecule has 3 nitrogen and oxygen atoms in total. The summed E-state index contributed by atoms with van der Waals surface area (Å²) in [4.78, 5) is 13.0. The minimum atomic E-state index is -1.60. The number of rotatable bonds is 6. The molecule has 4 heteroatoms. The fourth-order valence-corrected chi connectivity index (χ4v) is 1.81. The van der Waals surface area contributed by atoms with E-state index in [9.17, 15) is 14.3 Å². The fourth-order valence-electron chi connectivity index (χ4n) is 1.81. The number of amides is 1. The summed E-state index contributed by atoms with van der Waals surface area (Å²) in [6.45, 7) is 5.10. The Bertz CT molecular complexity index is 421. The summed E-state index contributed by atoms with van der Waals surface area (Å²) in [7, 11) is 1.49. The average molecular weight is 265 g/mol. The monoisotopic (exact) mass is 265 g/mol. The maximum atomic E-state index is 13.5. The Labute approximate surface area is 113 Å². The lowest BCUT2D eigenvalue weighted by molar-refractivity contribution is -0.139. The molecule has 1 unspecified atom stereocenters. The van der Waals surface area contributed by atoms with Gasteiger partial charge in [-0.3, -0.25) is 4.79 Å². The molecule has 0 aromatic heterocycles. The van der Waals surface area contributed by atoms with E-state index in [2.05, 4.69) is 6.58 Å². The van der Waals surface area contributed by atoms with Crippen molar-refractivity contribution in [2.24, 2.45) is 0 Å². The molecule has 0 saturated heterocycles. The van der Waals surface area contributed by atoms with Crippen molar-refractivity contribution in [3.63, 3.8) is 0 Å². The molecule has 0 saturated carbocycles. The first kappa shape index (κ1) is 15.4. The molecule has 0 bridgehead atoms. The number of carbonyl (C=O) groups excluding carboxylic acids is 1. The van der Waals surface area contributed by atoms with Crippen LogP contribution >= 0.6 is 0 Å². The van der Waals surface area contributed by atoms with Gasteiger partial charge in [0.2, 0.25) is 0 Å². The van der Waals surface area contributed by atoms with Gasteiger partial charge in [-0.25, -0.2) is 4.39 Å². The van der Waals surface area contributed by atoms with Crippen molar-refractivity contribution in [3.05, 3.63) is 48.6 Å². The fraction of sp³-hybridized carbons (Fsp3) is 0.400. The third-order valence-electron chi connectivity index (χ3n) is 3.20. The van der Waals surface area contributed by atoms with E-state index in [0.29, 0.717) is 5.56 Å². The van der Waals surface area contributed by atoms with Gasteiger partial charge in [0.15, 0.2) is 6.17 Å². The average Bonchev–Trinajstić information content (AvgIpc) is 2.45. The van der Waals surface area contributed by atoms with E-state index in [1.54, 1.807) is 19.1 Å². The van der Waals surface area contributed by atoms with E-state index < -0.39 is 24.2 Å². The van der Waals surface area contributed by atoms with E-state index in [0.717, 1.165) is 0 Å².